The van der Waals surface area contributed by atoms with E-state index in [-0.39, 0.29) is 6.09 Å². The number of benzene rings is 1. The van der Waals surface area contributed by atoms with Crippen molar-refractivity contribution in [1.82, 2.24) is 4.57 Å². The average Bonchev–Trinajstić information content (AvgIpc) is 2.52. The van der Waals surface area contributed by atoms with Gasteiger partial charge in [0, 0.05) is 0 Å². The Morgan fingerprint density at radius 1 is 1.33 bits per heavy atom. The summed E-state index contributed by atoms with van der Waals surface area (Å²) in [5.41, 5.74) is 2.96. The summed E-state index contributed by atoms with van der Waals surface area (Å²) in [5, 5.41) is 1.10. The van der Waals surface area contributed by atoms with E-state index in [0.29, 0.717) is 0 Å². The molecule has 0 N–H and O–H groups in total. The highest BCUT2D eigenvalue weighted by Crippen LogP contribution is 2.11. The number of hydrogen-bond donors (Lipinski definition) is 0. The first-order valence-corrected chi connectivity index (χ1v) is 4.81. The number of nitrogens with zero attached hydrogens (tertiary/aromatic N) is 1. The predicted molar refractivity (Wildman–Crippen MR) is 66.1 cm³/mol. The second kappa shape index (κ2) is 3.50. The fraction of sp³-hybridized carbons (Fsp3) is 0.100. The van der Waals surface area contributed by atoms with Gasteiger partial charge < -0.3 is 4.74 Å². The summed E-state index contributed by atoms with van der Waals surface area (Å²) in [6.07, 6.45) is -0.336. The van der Waals surface area contributed by atoms with Gasteiger partial charge in [0.15, 0.2) is 7.85 Å². The summed E-state index contributed by atoms with van der Waals surface area (Å²) < 4.78 is 6.36. The Morgan fingerprint density at radius 2 is 2.00 bits per heavy atom. The molecule has 74 valence electrons. The fourth-order valence-corrected chi connectivity index (χ4v) is 1.86. The van der Waals surface area contributed by atoms with Crippen LogP contribution < -0.4 is 11.1 Å². The monoisotopic (exact) mass is 199 g/mol. The standard InChI is InChI=1S/C10H11B2NO2/c1-15-10(14)13-7-5-3-2-4-6(7)8(11)9(13)12/h2-5H,11-12H2,1H3. The first kappa shape index (κ1) is 9.90. The van der Waals surface area contributed by atoms with Gasteiger partial charge in [-0.15, -0.1) is 0 Å². The molecule has 0 aliphatic heterocycles. The first-order valence-electron chi connectivity index (χ1n) is 4.81. The van der Waals surface area contributed by atoms with Gasteiger partial charge in [-0.3, -0.25) is 4.57 Å². The van der Waals surface area contributed by atoms with Crippen molar-refractivity contribution in [1.29, 1.82) is 0 Å². The minimum atomic E-state index is -0.336. The molecule has 5 heteroatoms. The maximum atomic E-state index is 11.6. The number of aromatic nitrogens is 1. The third kappa shape index (κ3) is 1.35. The number of para-hydroxylation sites is 1. The maximum absolute atomic E-state index is 11.6. The summed E-state index contributed by atoms with van der Waals surface area (Å²) in [5.74, 6) is 0. The number of methoxy groups -OCH3 is 1. The Balaban J connectivity index is 2.83. The van der Waals surface area contributed by atoms with Crippen molar-refractivity contribution in [3.8, 4) is 0 Å². The molecule has 15 heavy (non-hydrogen) atoms. The molecule has 0 amide bonds. The van der Waals surface area contributed by atoms with Crippen LogP contribution in [0.5, 0.6) is 0 Å². The Kier molecular flexibility index (Phi) is 2.31. The van der Waals surface area contributed by atoms with E-state index in [1.807, 2.05) is 40.0 Å². The van der Waals surface area contributed by atoms with E-state index < -0.39 is 0 Å². The van der Waals surface area contributed by atoms with Crippen LogP contribution in [0.2, 0.25) is 0 Å². The van der Waals surface area contributed by atoms with Gasteiger partial charge in [0.1, 0.15) is 7.85 Å². The first-order chi connectivity index (χ1) is 7.16. The minimum absolute atomic E-state index is 0.336. The largest absolute Gasteiger partial charge is 0.452 e. The quantitative estimate of drug-likeness (QED) is 0.497. The third-order valence-corrected chi connectivity index (χ3v) is 2.78. The molecular formula is C10H11B2NO2. The lowest BCUT2D eigenvalue weighted by Crippen LogP contribution is -2.33. The molecular weight excluding hydrogens is 188 g/mol. The number of rotatable bonds is 0. The number of ether oxygens (including phenoxy) is 1. The molecule has 0 radical (unpaired) electrons. The molecule has 0 saturated carbocycles. The van der Waals surface area contributed by atoms with Crippen LogP contribution in [-0.4, -0.2) is 33.5 Å². The van der Waals surface area contributed by atoms with Crippen molar-refractivity contribution in [2.24, 2.45) is 0 Å². The molecule has 0 saturated heterocycles. The smallest absolute Gasteiger partial charge is 0.417 e. The lowest BCUT2D eigenvalue weighted by molar-refractivity contribution is 0.175. The van der Waals surface area contributed by atoms with Gasteiger partial charge in [0.05, 0.1) is 12.6 Å². The highest BCUT2D eigenvalue weighted by Gasteiger charge is 2.14. The minimum Gasteiger partial charge on any atom is -0.452 e. The van der Waals surface area contributed by atoms with E-state index in [2.05, 4.69) is 0 Å². The Morgan fingerprint density at radius 3 is 2.67 bits per heavy atom. The molecule has 2 rings (SSSR count). The van der Waals surface area contributed by atoms with E-state index in [1.165, 1.54) is 7.11 Å². The maximum Gasteiger partial charge on any atom is 0.417 e. The van der Waals surface area contributed by atoms with Gasteiger partial charge in [0.2, 0.25) is 0 Å². The predicted octanol–water partition coefficient (Wildman–Crippen LogP) is -1.23. The second-order valence-electron chi connectivity index (χ2n) is 3.53. The highest BCUT2D eigenvalue weighted by atomic mass is 16.5. The van der Waals surface area contributed by atoms with E-state index >= 15 is 0 Å². The van der Waals surface area contributed by atoms with Crippen molar-refractivity contribution in [2.75, 3.05) is 7.11 Å². The topological polar surface area (TPSA) is 31.2 Å². The summed E-state index contributed by atoms with van der Waals surface area (Å²) in [7, 11) is 5.33. The number of hydrogen-bond acceptors (Lipinski definition) is 2. The molecule has 1 heterocycles. The van der Waals surface area contributed by atoms with Crippen molar-refractivity contribution in [3.05, 3.63) is 24.3 Å². The van der Waals surface area contributed by atoms with Crippen LogP contribution in [0.4, 0.5) is 4.79 Å². The van der Waals surface area contributed by atoms with Gasteiger partial charge >= 0.3 is 6.09 Å². The van der Waals surface area contributed by atoms with Crippen molar-refractivity contribution < 1.29 is 9.53 Å². The van der Waals surface area contributed by atoms with Gasteiger partial charge in [-0.1, -0.05) is 23.7 Å². The van der Waals surface area contributed by atoms with Gasteiger partial charge in [-0.25, -0.2) is 4.79 Å². The molecule has 0 spiro atoms. The second-order valence-corrected chi connectivity index (χ2v) is 3.53. The normalized spacial score (nSPS) is 10.5. The Bertz CT molecular complexity index is 533. The van der Waals surface area contributed by atoms with Gasteiger partial charge in [-0.05, 0) is 17.0 Å². The lowest BCUT2D eigenvalue weighted by atomic mass is 9.85. The van der Waals surface area contributed by atoms with Crippen LogP contribution in [0.25, 0.3) is 10.9 Å². The molecule has 3 nitrogen and oxygen atoms in total. The third-order valence-electron chi connectivity index (χ3n) is 2.78. The van der Waals surface area contributed by atoms with Crippen LogP contribution in [0.1, 0.15) is 0 Å². The lowest BCUT2D eigenvalue weighted by Gasteiger charge is -2.04. The fourth-order valence-electron chi connectivity index (χ4n) is 1.86. The molecule has 1 aromatic carbocycles. The van der Waals surface area contributed by atoms with Crippen molar-refractivity contribution in [2.45, 2.75) is 0 Å². The zero-order valence-electron chi connectivity index (χ0n) is 9.07. The zero-order chi connectivity index (χ0) is 11.0. The van der Waals surface area contributed by atoms with E-state index in [9.17, 15) is 4.79 Å². The molecule has 0 unspecified atom stereocenters. The molecule has 0 aliphatic carbocycles. The molecule has 0 atom stereocenters. The summed E-state index contributed by atoms with van der Waals surface area (Å²) in [6.45, 7) is 0. The van der Waals surface area contributed by atoms with E-state index in [4.69, 9.17) is 4.74 Å². The van der Waals surface area contributed by atoms with Crippen LogP contribution >= 0.6 is 0 Å². The Hall–Kier alpha value is -1.64. The molecule has 1 aromatic heterocycles. The van der Waals surface area contributed by atoms with Crippen LogP contribution in [0.15, 0.2) is 24.3 Å². The molecule has 2 aromatic rings. The number of carbonyl (C=O) groups is 1. The van der Waals surface area contributed by atoms with Gasteiger partial charge in [-0.2, -0.15) is 0 Å². The van der Waals surface area contributed by atoms with Crippen molar-refractivity contribution in [3.63, 3.8) is 0 Å². The number of carbonyl (C=O) groups excluding carboxylic acids is 1. The van der Waals surface area contributed by atoms with Gasteiger partial charge in [0.25, 0.3) is 0 Å². The SMILES string of the molecule is Bc1c(B)n(C(=O)OC)c2ccccc12. The Labute approximate surface area is 89.8 Å². The zero-order valence-corrected chi connectivity index (χ0v) is 9.07. The van der Waals surface area contributed by atoms with Crippen LogP contribution in [0.3, 0.4) is 0 Å². The summed E-state index contributed by atoms with van der Waals surface area (Å²) >= 11 is 0. The van der Waals surface area contributed by atoms with Crippen LogP contribution in [0, 0.1) is 0 Å². The van der Waals surface area contributed by atoms with E-state index in [1.54, 1.807) is 4.57 Å². The summed E-state index contributed by atoms with van der Waals surface area (Å²) in [4.78, 5) is 11.6. The average molecular weight is 199 g/mol. The van der Waals surface area contributed by atoms with Crippen LogP contribution in [-0.2, 0) is 4.74 Å². The number of fused-ring (bicyclic) bond motifs is 1. The molecule has 0 fully saturated rings. The van der Waals surface area contributed by atoms with Crippen molar-refractivity contribution >= 4 is 43.7 Å². The highest BCUT2D eigenvalue weighted by molar-refractivity contribution is 6.53. The molecule has 0 aliphatic rings. The van der Waals surface area contributed by atoms with E-state index in [0.717, 1.165) is 22.0 Å². The molecule has 0 bridgehead atoms. The summed E-state index contributed by atoms with van der Waals surface area (Å²) in [6, 6.07) is 7.82.